The summed E-state index contributed by atoms with van der Waals surface area (Å²) < 4.78 is 38.5. The summed E-state index contributed by atoms with van der Waals surface area (Å²) in [4.78, 5) is 17.4. The van der Waals surface area contributed by atoms with E-state index in [0.29, 0.717) is 43.1 Å². The minimum Gasteiger partial charge on any atom is -0.348 e. The Kier molecular flexibility index (Phi) is 8.09. The van der Waals surface area contributed by atoms with Gasteiger partial charge in [-0.3, -0.25) is 9.78 Å². The van der Waals surface area contributed by atoms with E-state index in [9.17, 15) is 18.0 Å². The number of nitrogens with zero attached hydrogens (tertiary/aromatic N) is 1. The molecule has 0 aliphatic rings. The SMILES string of the molecule is NCc1nc(-c2ccc(Cl)cc2)c(-c2ccc(Cl)cc2Cl)cc1CNC(=O)c1ccc(C(F)(F)F)cc1. The molecule has 0 atom stereocenters. The Hall–Kier alpha value is -3.10. The van der Waals surface area contributed by atoms with Crippen LogP contribution in [0, 0.1) is 0 Å². The second kappa shape index (κ2) is 11.1. The third-order valence-corrected chi connectivity index (χ3v) is 6.44. The first-order valence-corrected chi connectivity index (χ1v) is 12.1. The van der Waals surface area contributed by atoms with Gasteiger partial charge >= 0.3 is 6.18 Å². The molecular weight excluding hydrogens is 546 g/mol. The van der Waals surface area contributed by atoms with Gasteiger partial charge in [-0.25, -0.2) is 0 Å². The average Bonchev–Trinajstić information content (AvgIpc) is 2.87. The van der Waals surface area contributed by atoms with Crippen LogP contribution in [-0.4, -0.2) is 10.9 Å². The number of benzene rings is 3. The fourth-order valence-corrected chi connectivity index (χ4v) is 4.39. The summed E-state index contributed by atoms with van der Waals surface area (Å²) in [6.07, 6.45) is -4.48. The molecule has 3 aromatic carbocycles. The van der Waals surface area contributed by atoms with Crippen molar-refractivity contribution in [3.8, 4) is 22.4 Å². The topological polar surface area (TPSA) is 68.0 Å². The van der Waals surface area contributed by atoms with Crippen molar-refractivity contribution in [2.45, 2.75) is 19.3 Å². The van der Waals surface area contributed by atoms with E-state index in [1.807, 2.05) is 18.2 Å². The van der Waals surface area contributed by atoms with E-state index in [2.05, 4.69) is 5.32 Å². The Bertz CT molecular complexity index is 1440. The molecule has 0 fully saturated rings. The van der Waals surface area contributed by atoms with Crippen molar-refractivity contribution < 1.29 is 18.0 Å². The molecule has 0 saturated carbocycles. The smallest absolute Gasteiger partial charge is 0.348 e. The highest BCUT2D eigenvalue weighted by Gasteiger charge is 2.30. The highest BCUT2D eigenvalue weighted by Crippen LogP contribution is 2.38. The number of aromatic nitrogens is 1. The van der Waals surface area contributed by atoms with Crippen LogP contribution in [0.4, 0.5) is 13.2 Å². The number of pyridine rings is 1. The number of carbonyl (C=O) groups is 1. The molecule has 4 aromatic rings. The summed E-state index contributed by atoms with van der Waals surface area (Å²) in [5, 5.41) is 4.17. The first-order valence-electron chi connectivity index (χ1n) is 11.0. The van der Waals surface area contributed by atoms with Crippen molar-refractivity contribution in [3.05, 3.63) is 110 Å². The fourth-order valence-electron chi connectivity index (χ4n) is 3.75. The maximum absolute atomic E-state index is 12.8. The van der Waals surface area contributed by atoms with E-state index >= 15 is 0 Å². The number of carbonyl (C=O) groups excluding carboxylic acids is 1. The van der Waals surface area contributed by atoms with Crippen LogP contribution in [0.25, 0.3) is 22.4 Å². The molecule has 1 aromatic heterocycles. The van der Waals surface area contributed by atoms with Crippen LogP contribution in [0.1, 0.15) is 27.2 Å². The Balaban J connectivity index is 1.71. The normalized spacial score (nSPS) is 11.4. The number of hydrogen-bond acceptors (Lipinski definition) is 3. The lowest BCUT2D eigenvalue weighted by molar-refractivity contribution is -0.137. The molecular formula is C27H19Cl3F3N3O. The standard InChI is InChI=1S/C27H19Cl3F3N3O/c28-19-7-3-15(4-8-19)25-22(21-10-9-20(29)12-23(21)30)11-17(24(13-34)36-25)14-35-26(37)16-1-5-18(6-2-16)27(31,32)33/h1-12H,13-14,34H2,(H,35,37). The molecule has 4 rings (SSSR count). The van der Waals surface area contributed by atoms with E-state index in [0.717, 1.165) is 29.8 Å². The summed E-state index contributed by atoms with van der Waals surface area (Å²) in [6, 6.07) is 18.0. The first kappa shape index (κ1) is 26.9. The molecule has 0 aliphatic heterocycles. The molecule has 1 amide bonds. The lowest BCUT2D eigenvalue weighted by Crippen LogP contribution is -2.24. The van der Waals surface area contributed by atoms with Gasteiger partial charge in [-0.05, 0) is 60.2 Å². The molecule has 0 unspecified atom stereocenters. The molecule has 3 N–H and O–H groups in total. The minimum atomic E-state index is -4.48. The zero-order valence-corrected chi connectivity index (χ0v) is 21.3. The summed E-state index contributed by atoms with van der Waals surface area (Å²) in [5.41, 5.74) is 9.15. The molecule has 0 aliphatic carbocycles. The van der Waals surface area contributed by atoms with E-state index in [4.69, 9.17) is 45.5 Å². The van der Waals surface area contributed by atoms with Gasteiger partial charge in [-0.15, -0.1) is 0 Å². The number of nitrogens with two attached hydrogens (primary N) is 1. The third kappa shape index (κ3) is 6.25. The minimum absolute atomic E-state index is 0.0402. The molecule has 4 nitrogen and oxygen atoms in total. The van der Waals surface area contributed by atoms with Gasteiger partial charge in [0.25, 0.3) is 5.91 Å². The summed E-state index contributed by atoms with van der Waals surface area (Å²) in [7, 11) is 0. The lowest BCUT2D eigenvalue weighted by Gasteiger charge is -2.17. The van der Waals surface area contributed by atoms with Gasteiger partial charge in [-0.1, -0.05) is 53.0 Å². The maximum Gasteiger partial charge on any atom is 0.416 e. The van der Waals surface area contributed by atoms with E-state index < -0.39 is 17.6 Å². The van der Waals surface area contributed by atoms with Crippen LogP contribution in [0.2, 0.25) is 15.1 Å². The lowest BCUT2D eigenvalue weighted by atomic mass is 9.96. The van der Waals surface area contributed by atoms with Crippen molar-refractivity contribution in [1.29, 1.82) is 0 Å². The fraction of sp³-hybridized carbons (Fsp3) is 0.111. The van der Waals surface area contributed by atoms with E-state index in [1.165, 1.54) is 0 Å². The number of hydrogen-bond donors (Lipinski definition) is 2. The molecule has 1 heterocycles. The number of rotatable bonds is 6. The zero-order valence-electron chi connectivity index (χ0n) is 19.0. The molecule has 10 heteroatoms. The molecule has 37 heavy (non-hydrogen) atoms. The largest absolute Gasteiger partial charge is 0.416 e. The second-order valence-corrected chi connectivity index (χ2v) is 9.36. The summed E-state index contributed by atoms with van der Waals surface area (Å²) in [5.74, 6) is -0.537. The maximum atomic E-state index is 12.8. The summed E-state index contributed by atoms with van der Waals surface area (Å²) >= 11 is 18.7. The molecule has 0 bridgehead atoms. The van der Waals surface area contributed by atoms with Gasteiger partial charge in [0.05, 0.1) is 17.0 Å². The number of alkyl halides is 3. The van der Waals surface area contributed by atoms with Gasteiger partial charge in [0.15, 0.2) is 0 Å². The second-order valence-electron chi connectivity index (χ2n) is 8.08. The molecule has 0 spiro atoms. The zero-order chi connectivity index (χ0) is 26.7. The van der Waals surface area contributed by atoms with Gasteiger partial charge in [-0.2, -0.15) is 13.2 Å². The summed E-state index contributed by atoms with van der Waals surface area (Å²) in [6.45, 7) is 0.124. The van der Waals surface area contributed by atoms with Crippen LogP contribution < -0.4 is 11.1 Å². The van der Waals surface area contributed by atoms with Crippen LogP contribution in [0.15, 0.2) is 72.8 Å². The van der Waals surface area contributed by atoms with Crippen molar-refractivity contribution >= 4 is 40.7 Å². The molecule has 0 saturated heterocycles. The average molecular weight is 565 g/mol. The van der Waals surface area contributed by atoms with Gasteiger partial charge < -0.3 is 11.1 Å². The van der Waals surface area contributed by atoms with Crippen molar-refractivity contribution in [3.63, 3.8) is 0 Å². The Labute approximate surface area is 226 Å². The Morgan fingerprint density at radius 3 is 2.11 bits per heavy atom. The van der Waals surface area contributed by atoms with Gasteiger partial charge in [0, 0.05) is 50.4 Å². The van der Waals surface area contributed by atoms with Crippen molar-refractivity contribution in [1.82, 2.24) is 10.3 Å². The van der Waals surface area contributed by atoms with Gasteiger partial charge in [0.1, 0.15) is 0 Å². The highest BCUT2D eigenvalue weighted by molar-refractivity contribution is 6.36. The predicted octanol–water partition coefficient (Wildman–Crippen LogP) is 7.78. The van der Waals surface area contributed by atoms with Crippen molar-refractivity contribution in [2.75, 3.05) is 0 Å². The molecule has 190 valence electrons. The predicted molar refractivity (Wildman–Crippen MR) is 141 cm³/mol. The highest BCUT2D eigenvalue weighted by atomic mass is 35.5. The van der Waals surface area contributed by atoms with Crippen molar-refractivity contribution in [2.24, 2.45) is 5.73 Å². The number of nitrogens with one attached hydrogen (secondary N) is 1. The van der Waals surface area contributed by atoms with Gasteiger partial charge in [0.2, 0.25) is 0 Å². The quantitative estimate of drug-likeness (QED) is 0.251. The van der Waals surface area contributed by atoms with Crippen LogP contribution in [0.5, 0.6) is 0 Å². The van der Waals surface area contributed by atoms with Crippen LogP contribution >= 0.6 is 34.8 Å². The Morgan fingerprint density at radius 1 is 0.865 bits per heavy atom. The van der Waals surface area contributed by atoms with Crippen LogP contribution in [0.3, 0.4) is 0 Å². The first-order chi connectivity index (χ1) is 17.6. The Morgan fingerprint density at radius 2 is 1.51 bits per heavy atom. The van der Waals surface area contributed by atoms with Crippen LogP contribution in [-0.2, 0) is 19.3 Å². The monoisotopic (exact) mass is 563 g/mol. The third-order valence-electron chi connectivity index (χ3n) is 5.64. The molecule has 0 radical (unpaired) electrons. The number of amides is 1. The van der Waals surface area contributed by atoms with E-state index in [1.54, 1.807) is 30.3 Å². The number of halogens is 6. The van der Waals surface area contributed by atoms with E-state index in [-0.39, 0.29) is 18.7 Å².